The summed E-state index contributed by atoms with van der Waals surface area (Å²) >= 11 is 0. The van der Waals surface area contributed by atoms with Crippen LogP contribution < -0.4 is 5.32 Å². The van der Waals surface area contributed by atoms with Crippen molar-refractivity contribution in [2.45, 2.75) is 12.5 Å². The minimum Gasteiger partial charge on any atom is -0.316 e. The van der Waals surface area contributed by atoms with Crippen LogP contribution in [0, 0.1) is 0 Å². The lowest BCUT2D eigenvalue weighted by Crippen LogP contribution is -2.30. The minimum atomic E-state index is -0.770. The lowest BCUT2D eigenvalue weighted by atomic mass is 10.3. The molecule has 1 unspecified atom stereocenters. The molecule has 0 aliphatic carbocycles. The molecule has 0 aromatic heterocycles. The Morgan fingerprint density at radius 3 is 2.70 bits per heavy atom. The Kier molecular flexibility index (Phi) is 2.82. The Balaban J connectivity index is 2.35. The van der Waals surface area contributed by atoms with E-state index in [1.54, 1.807) is 6.26 Å². The smallest absolute Gasteiger partial charge is 0.0911 e. The third-order valence-electron chi connectivity index (χ3n) is 1.92. The van der Waals surface area contributed by atoms with E-state index >= 15 is 0 Å². The van der Waals surface area contributed by atoms with E-state index in [2.05, 4.69) is 5.32 Å². The van der Waals surface area contributed by atoms with E-state index in [0.29, 0.717) is 6.04 Å². The second kappa shape index (κ2) is 3.46. The number of rotatable bonds is 2. The summed E-state index contributed by atoms with van der Waals surface area (Å²) in [4.78, 5) is 0. The zero-order chi connectivity index (χ0) is 7.56. The highest BCUT2D eigenvalue weighted by Crippen LogP contribution is 2.09. The molecule has 10 heavy (non-hydrogen) atoms. The summed E-state index contributed by atoms with van der Waals surface area (Å²) in [5.41, 5.74) is 0. The fraction of sp³-hybridized carbons (Fsp3) is 1.00. The van der Waals surface area contributed by atoms with Crippen LogP contribution in [-0.4, -0.2) is 40.9 Å². The van der Waals surface area contributed by atoms with Gasteiger partial charge in [0.2, 0.25) is 0 Å². The van der Waals surface area contributed by atoms with Crippen molar-refractivity contribution in [2.24, 2.45) is 0 Å². The highest BCUT2D eigenvalue weighted by Gasteiger charge is 2.22. The van der Waals surface area contributed by atoms with Gasteiger partial charge in [0.05, 0.1) is 11.0 Å². The Labute approximate surface area is 64.4 Å². The standard InChI is InChI=1S/C6H14N2OS/c1-7-6-3-4-8(5-6)10(2)9/h6-7H,3-5H2,1-2H3/t6-,10?/m1/s1. The molecule has 0 spiro atoms. The van der Waals surface area contributed by atoms with Gasteiger partial charge >= 0.3 is 0 Å². The van der Waals surface area contributed by atoms with E-state index in [-0.39, 0.29) is 0 Å². The van der Waals surface area contributed by atoms with E-state index in [1.807, 2.05) is 11.4 Å². The average Bonchev–Trinajstić information content (AvgIpc) is 2.34. The van der Waals surface area contributed by atoms with E-state index in [1.165, 1.54) is 0 Å². The predicted molar refractivity (Wildman–Crippen MR) is 43.1 cm³/mol. The fourth-order valence-electron chi connectivity index (χ4n) is 1.20. The molecule has 3 nitrogen and oxygen atoms in total. The highest BCUT2D eigenvalue weighted by atomic mass is 32.2. The minimum absolute atomic E-state index is 0.545. The van der Waals surface area contributed by atoms with Gasteiger partial charge < -0.3 is 5.32 Å². The van der Waals surface area contributed by atoms with Crippen molar-refractivity contribution in [3.63, 3.8) is 0 Å². The maximum atomic E-state index is 10.9. The molecule has 60 valence electrons. The quantitative estimate of drug-likeness (QED) is 0.598. The molecule has 1 aliphatic heterocycles. The van der Waals surface area contributed by atoms with E-state index < -0.39 is 11.0 Å². The third kappa shape index (κ3) is 1.78. The lowest BCUT2D eigenvalue weighted by molar-refractivity contribution is 0.514. The third-order valence-corrected chi connectivity index (χ3v) is 2.98. The maximum absolute atomic E-state index is 10.9. The van der Waals surface area contributed by atoms with Gasteiger partial charge in [-0.1, -0.05) is 0 Å². The van der Waals surface area contributed by atoms with Crippen LogP contribution in [0.25, 0.3) is 0 Å². The van der Waals surface area contributed by atoms with Crippen LogP contribution in [0.5, 0.6) is 0 Å². The number of hydrogen-bond donors (Lipinski definition) is 1. The number of hydrogen-bond acceptors (Lipinski definition) is 2. The molecule has 0 amide bonds. The van der Waals surface area contributed by atoms with Crippen LogP contribution in [-0.2, 0) is 11.0 Å². The molecule has 0 saturated carbocycles. The molecule has 0 aromatic rings. The Morgan fingerprint density at radius 1 is 1.70 bits per heavy atom. The molecule has 1 aliphatic rings. The molecule has 1 saturated heterocycles. The molecular formula is C6H14N2OS. The molecule has 2 atom stereocenters. The van der Waals surface area contributed by atoms with Gasteiger partial charge in [0.1, 0.15) is 0 Å². The van der Waals surface area contributed by atoms with Crippen LogP contribution >= 0.6 is 0 Å². The van der Waals surface area contributed by atoms with E-state index in [0.717, 1.165) is 19.5 Å². The zero-order valence-electron chi connectivity index (χ0n) is 6.46. The Bertz CT molecular complexity index is 140. The molecule has 1 heterocycles. The van der Waals surface area contributed by atoms with Crippen LogP contribution in [0.1, 0.15) is 6.42 Å². The summed E-state index contributed by atoms with van der Waals surface area (Å²) in [5, 5.41) is 3.17. The molecular weight excluding hydrogens is 148 g/mol. The largest absolute Gasteiger partial charge is 0.316 e. The van der Waals surface area contributed by atoms with Gasteiger partial charge in [-0.25, -0.2) is 8.51 Å². The molecule has 4 heteroatoms. The van der Waals surface area contributed by atoms with Crippen molar-refractivity contribution >= 4 is 11.0 Å². The first-order valence-electron chi connectivity index (χ1n) is 3.50. The van der Waals surface area contributed by atoms with Gasteiger partial charge in [-0.05, 0) is 13.5 Å². The summed E-state index contributed by atoms with van der Waals surface area (Å²) in [5.74, 6) is 0. The summed E-state index contributed by atoms with van der Waals surface area (Å²) < 4.78 is 12.9. The van der Waals surface area contributed by atoms with Gasteiger partial charge in [-0.15, -0.1) is 0 Å². The average molecular weight is 162 g/mol. The first-order valence-corrected chi connectivity index (χ1v) is 5.01. The topological polar surface area (TPSA) is 32.3 Å². The predicted octanol–water partition coefficient (Wildman–Crippen LogP) is -0.426. The zero-order valence-corrected chi connectivity index (χ0v) is 7.28. The number of nitrogens with zero attached hydrogens (tertiary/aromatic N) is 1. The summed E-state index contributed by atoms with van der Waals surface area (Å²) in [7, 11) is 1.18. The summed E-state index contributed by atoms with van der Waals surface area (Å²) in [6.07, 6.45) is 2.86. The van der Waals surface area contributed by atoms with Crippen molar-refractivity contribution in [3.05, 3.63) is 0 Å². The molecule has 1 rings (SSSR count). The maximum Gasteiger partial charge on any atom is 0.0911 e. The van der Waals surface area contributed by atoms with Crippen molar-refractivity contribution in [2.75, 3.05) is 26.4 Å². The first-order chi connectivity index (χ1) is 4.74. The van der Waals surface area contributed by atoms with Crippen LogP contribution in [0.3, 0.4) is 0 Å². The second-order valence-corrected chi connectivity index (χ2v) is 3.95. The highest BCUT2D eigenvalue weighted by molar-refractivity contribution is 7.81. The molecule has 1 N–H and O–H groups in total. The fourth-order valence-corrected chi connectivity index (χ4v) is 1.95. The van der Waals surface area contributed by atoms with Crippen molar-refractivity contribution < 1.29 is 4.21 Å². The van der Waals surface area contributed by atoms with Gasteiger partial charge in [-0.3, -0.25) is 0 Å². The van der Waals surface area contributed by atoms with Crippen LogP contribution in [0.4, 0.5) is 0 Å². The van der Waals surface area contributed by atoms with Crippen molar-refractivity contribution in [3.8, 4) is 0 Å². The van der Waals surface area contributed by atoms with Crippen molar-refractivity contribution in [1.82, 2.24) is 9.62 Å². The monoisotopic (exact) mass is 162 g/mol. The van der Waals surface area contributed by atoms with Crippen molar-refractivity contribution in [1.29, 1.82) is 0 Å². The van der Waals surface area contributed by atoms with E-state index in [4.69, 9.17) is 0 Å². The van der Waals surface area contributed by atoms with Crippen LogP contribution in [0.15, 0.2) is 0 Å². The summed E-state index contributed by atoms with van der Waals surface area (Å²) in [6, 6.07) is 0.545. The molecule has 0 radical (unpaired) electrons. The SMILES string of the molecule is CN[C@@H]1CCN(S(C)=O)C1. The van der Waals surface area contributed by atoms with Gasteiger partial charge in [0.25, 0.3) is 0 Å². The number of likely N-dealkylation sites (N-methyl/N-ethyl adjacent to an activating group) is 1. The van der Waals surface area contributed by atoms with E-state index in [9.17, 15) is 4.21 Å². The molecule has 1 fully saturated rings. The molecule has 0 bridgehead atoms. The normalized spacial score (nSPS) is 30.8. The number of nitrogens with one attached hydrogen (secondary N) is 1. The molecule has 0 aromatic carbocycles. The first kappa shape index (κ1) is 8.17. The van der Waals surface area contributed by atoms with Crippen LogP contribution in [0.2, 0.25) is 0 Å². The lowest BCUT2D eigenvalue weighted by Gasteiger charge is -2.10. The van der Waals surface area contributed by atoms with Gasteiger partial charge in [0.15, 0.2) is 0 Å². The van der Waals surface area contributed by atoms with Gasteiger partial charge in [-0.2, -0.15) is 0 Å². The Morgan fingerprint density at radius 2 is 2.40 bits per heavy atom. The Hall–Kier alpha value is 0.0700. The van der Waals surface area contributed by atoms with Gasteiger partial charge in [0, 0.05) is 25.4 Å². The summed E-state index contributed by atoms with van der Waals surface area (Å²) in [6.45, 7) is 1.90. The second-order valence-electron chi connectivity index (χ2n) is 2.59.